The van der Waals surface area contributed by atoms with Crippen LogP contribution in [-0.4, -0.2) is 28.0 Å². The predicted octanol–water partition coefficient (Wildman–Crippen LogP) is 3.74. The number of hydrogen-bond donors (Lipinski definition) is 2. The Morgan fingerprint density at radius 1 is 1.00 bits per heavy atom. The smallest absolute Gasteiger partial charge is 0.133 e. The lowest BCUT2D eigenvalue weighted by Crippen LogP contribution is -2.16. The number of nitrogens with one attached hydrogen (secondary N) is 2. The first-order valence-electron chi connectivity index (χ1n) is 8.17. The van der Waals surface area contributed by atoms with E-state index in [1.807, 2.05) is 24.4 Å². The standard InChI is InChI=1S/C18H19N5S.2ClH/c1-2-4-13(5-3-1)18-21-11-14(24-18)10-20-17-15-6-8-19-9-7-16(15)22-12-23-17;;/h1-5,11-12,19H,6-10H2,(H,20,22,23);2*1H. The fraction of sp³-hybridized carbons (Fsp3) is 0.278. The Morgan fingerprint density at radius 3 is 2.65 bits per heavy atom. The van der Waals surface area contributed by atoms with E-state index in [0.29, 0.717) is 0 Å². The van der Waals surface area contributed by atoms with E-state index in [1.54, 1.807) is 17.7 Å². The fourth-order valence-electron chi connectivity index (χ4n) is 2.90. The number of benzene rings is 1. The van der Waals surface area contributed by atoms with Crippen LogP contribution in [0.3, 0.4) is 0 Å². The molecule has 1 aliphatic heterocycles. The Bertz CT molecular complexity index is 825. The number of halogens is 2. The molecule has 0 atom stereocenters. The molecule has 0 spiro atoms. The number of aromatic nitrogens is 3. The molecule has 4 rings (SSSR count). The van der Waals surface area contributed by atoms with Crippen LogP contribution in [0.4, 0.5) is 5.82 Å². The maximum Gasteiger partial charge on any atom is 0.133 e. The van der Waals surface area contributed by atoms with Crippen molar-refractivity contribution >= 4 is 42.0 Å². The first-order valence-corrected chi connectivity index (χ1v) is 8.99. The minimum atomic E-state index is 0. The molecule has 26 heavy (non-hydrogen) atoms. The van der Waals surface area contributed by atoms with E-state index in [4.69, 9.17) is 0 Å². The monoisotopic (exact) mass is 409 g/mol. The van der Waals surface area contributed by atoms with Crippen molar-refractivity contribution in [3.05, 3.63) is 59.0 Å². The number of nitrogens with zero attached hydrogens (tertiary/aromatic N) is 3. The molecular weight excluding hydrogens is 389 g/mol. The van der Waals surface area contributed by atoms with E-state index in [-0.39, 0.29) is 24.8 Å². The van der Waals surface area contributed by atoms with Crippen molar-refractivity contribution in [1.82, 2.24) is 20.3 Å². The van der Waals surface area contributed by atoms with E-state index < -0.39 is 0 Å². The third-order valence-corrected chi connectivity index (χ3v) is 5.18. The van der Waals surface area contributed by atoms with Gasteiger partial charge in [0.15, 0.2) is 0 Å². The van der Waals surface area contributed by atoms with Gasteiger partial charge in [0.05, 0.1) is 12.2 Å². The highest BCUT2D eigenvalue weighted by atomic mass is 35.5. The number of thiazole rings is 1. The van der Waals surface area contributed by atoms with E-state index in [0.717, 1.165) is 54.6 Å². The summed E-state index contributed by atoms with van der Waals surface area (Å²) in [6, 6.07) is 10.3. The van der Waals surface area contributed by atoms with Gasteiger partial charge in [0.2, 0.25) is 0 Å². The first-order chi connectivity index (χ1) is 11.9. The summed E-state index contributed by atoms with van der Waals surface area (Å²) in [5, 5.41) is 7.94. The summed E-state index contributed by atoms with van der Waals surface area (Å²) in [5.41, 5.74) is 3.57. The second kappa shape index (κ2) is 9.83. The molecule has 3 aromatic rings. The molecule has 138 valence electrons. The number of anilines is 1. The molecule has 0 unspecified atom stereocenters. The van der Waals surface area contributed by atoms with Crippen LogP contribution >= 0.6 is 36.2 Å². The molecule has 0 radical (unpaired) electrons. The van der Waals surface area contributed by atoms with Gasteiger partial charge >= 0.3 is 0 Å². The van der Waals surface area contributed by atoms with Gasteiger partial charge in [-0.3, -0.25) is 0 Å². The molecule has 5 nitrogen and oxygen atoms in total. The second-order valence-electron chi connectivity index (χ2n) is 5.75. The zero-order chi connectivity index (χ0) is 16.2. The van der Waals surface area contributed by atoms with Crippen LogP contribution in [-0.2, 0) is 19.4 Å². The van der Waals surface area contributed by atoms with Crippen LogP contribution < -0.4 is 10.6 Å². The Kier molecular flexibility index (Phi) is 7.78. The minimum Gasteiger partial charge on any atom is -0.365 e. The summed E-state index contributed by atoms with van der Waals surface area (Å²) < 4.78 is 0. The molecule has 1 aliphatic rings. The average Bonchev–Trinajstić information content (AvgIpc) is 2.97. The lowest BCUT2D eigenvalue weighted by molar-refractivity contribution is 0.708. The van der Waals surface area contributed by atoms with Crippen molar-refractivity contribution < 1.29 is 0 Å². The van der Waals surface area contributed by atoms with Gasteiger partial charge in [-0.25, -0.2) is 15.0 Å². The predicted molar refractivity (Wildman–Crippen MR) is 112 cm³/mol. The molecule has 8 heteroatoms. The lowest BCUT2D eigenvalue weighted by atomic mass is 10.1. The largest absolute Gasteiger partial charge is 0.365 e. The highest BCUT2D eigenvalue weighted by molar-refractivity contribution is 7.15. The maximum atomic E-state index is 4.54. The third kappa shape index (κ3) is 4.71. The highest BCUT2D eigenvalue weighted by Crippen LogP contribution is 2.26. The average molecular weight is 410 g/mol. The molecule has 0 aliphatic carbocycles. The molecule has 0 saturated heterocycles. The van der Waals surface area contributed by atoms with Crippen LogP contribution in [0.25, 0.3) is 10.6 Å². The van der Waals surface area contributed by atoms with Crippen molar-refractivity contribution in [2.24, 2.45) is 0 Å². The molecule has 2 N–H and O–H groups in total. The molecule has 2 aromatic heterocycles. The molecular formula is C18H21Cl2N5S. The van der Waals surface area contributed by atoms with Crippen molar-refractivity contribution in [3.8, 4) is 10.6 Å². The van der Waals surface area contributed by atoms with Gasteiger partial charge in [-0.1, -0.05) is 30.3 Å². The molecule has 0 amide bonds. The van der Waals surface area contributed by atoms with Crippen LogP contribution in [0.5, 0.6) is 0 Å². The summed E-state index contributed by atoms with van der Waals surface area (Å²) >= 11 is 1.72. The second-order valence-corrected chi connectivity index (χ2v) is 6.86. The minimum absolute atomic E-state index is 0. The molecule has 0 saturated carbocycles. The first kappa shape index (κ1) is 20.6. The van der Waals surface area contributed by atoms with Gasteiger partial charge in [0, 0.05) is 35.2 Å². The summed E-state index contributed by atoms with van der Waals surface area (Å²) in [7, 11) is 0. The van der Waals surface area contributed by atoms with Gasteiger partial charge in [0.25, 0.3) is 0 Å². The number of hydrogen-bond acceptors (Lipinski definition) is 6. The van der Waals surface area contributed by atoms with E-state index >= 15 is 0 Å². The Labute approximate surface area is 169 Å². The van der Waals surface area contributed by atoms with Gasteiger partial charge in [-0.05, 0) is 13.0 Å². The van der Waals surface area contributed by atoms with E-state index in [2.05, 4.69) is 37.7 Å². The van der Waals surface area contributed by atoms with Crippen molar-refractivity contribution in [2.45, 2.75) is 19.4 Å². The van der Waals surface area contributed by atoms with E-state index in [9.17, 15) is 0 Å². The zero-order valence-electron chi connectivity index (χ0n) is 14.1. The van der Waals surface area contributed by atoms with Crippen molar-refractivity contribution in [1.29, 1.82) is 0 Å². The van der Waals surface area contributed by atoms with Gasteiger partial charge in [-0.2, -0.15) is 0 Å². The van der Waals surface area contributed by atoms with Gasteiger partial charge in [0.1, 0.15) is 17.2 Å². The summed E-state index contributed by atoms with van der Waals surface area (Å²) in [4.78, 5) is 14.6. The Morgan fingerprint density at radius 2 is 1.81 bits per heavy atom. The van der Waals surface area contributed by atoms with Crippen molar-refractivity contribution in [2.75, 3.05) is 18.4 Å². The fourth-order valence-corrected chi connectivity index (χ4v) is 3.76. The summed E-state index contributed by atoms with van der Waals surface area (Å²) in [6.45, 7) is 2.70. The number of fused-ring (bicyclic) bond motifs is 1. The van der Waals surface area contributed by atoms with Gasteiger partial charge < -0.3 is 10.6 Å². The Balaban J connectivity index is 0.00000121. The molecule has 3 heterocycles. The highest BCUT2D eigenvalue weighted by Gasteiger charge is 2.14. The quantitative estimate of drug-likeness (QED) is 0.686. The van der Waals surface area contributed by atoms with Gasteiger partial charge in [-0.15, -0.1) is 36.2 Å². The lowest BCUT2D eigenvalue weighted by Gasteiger charge is -2.11. The molecule has 0 bridgehead atoms. The van der Waals surface area contributed by atoms with Crippen LogP contribution in [0.15, 0.2) is 42.9 Å². The SMILES string of the molecule is Cl.Cl.c1ccc(-c2ncc(CNc3ncnc4c3CCNCC4)s2)cc1. The zero-order valence-corrected chi connectivity index (χ0v) is 16.6. The van der Waals surface area contributed by atoms with E-state index in [1.165, 1.54) is 10.4 Å². The number of rotatable bonds is 4. The van der Waals surface area contributed by atoms with Crippen LogP contribution in [0.2, 0.25) is 0 Å². The third-order valence-electron chi connectivity index (χ3n) is 4.13. The van der Waals surface area contributed by atoms with Crippen LogP contribution in [0, 0.1) is 0 Å². The summed E-state index contributed by atoms with van der Waals surface area (Å²) in [5.74, 6) is 0.957. The topological polar surface area (TPSA) is 62.7 Å². The maximum absolute atomic E-state index is 4.54. The molecule has 0 fully saturated rings. The molecule has 1 aromatic carbocycles. The summed E-state index contributed by atoms with van der Waals surface area (Å²) in [6.07, 6.45) is 5.54. The Hall–Kier alpha value is -1.73. The normalized spacial score (nSPS) is 12.9. The van der Waals surface area contributed by atoms with Crippen molar-refractivity contribution in [3.63, 3.8) is 0 Å². The van der Waals surface area contributed by atoms with Crippen LogP contribution in [0.1, 0.15) is 16.1 Å².